The van der Waals surface area contributed by atoms with E-state index in [4.69, 9.17) is 15.0 Å². The van der Waals surface area contributed by atoms with Crippen LogP contribution >= 0.6 is 0 Å². The van der Waals surface area contributed by atoms with Gasteiger partial charge in [-0.15, -0.1) is 0 Å². The molecule has 4 nitrogen and oxygen atoms in total. The second kappa shape index (κ2) is 22.9. The van der Waals surface area contributed by atoms with Gasteiger partial charge in [0.15, 0.2) is 0 Å². The van der Waals surface area contributed by atoms with Gasteiger partial charge in [-0.05, 0) is 0 Å². The molecule has 0 saturated heterocycles. The van der Waals surface area contributed by atoms with Gasteiger partial charge in [0.2, 0.25) is 0 Å². The molecule has 0 aliphatic rings. The predicted octanol–water partition coefficient (Wildman–Crippen LogP) is -2.55. The molecule has 0 fully saturated rings. The second-order valence-electron chi connectivity index (χ2n) is 0.283. The fraction of sp³-hybridized carbons (Fsp3) is 0. The fourth-order valence-electron chi connectivity index (χ4n) is 0. The monoisotopic (exact) mass is 152 g/mol. The molecule has 0 aromatic carbocycles. The quantitative estimate of drug-likeness (QED) is 0.374. The van der Waals surface area contributed by atoms with E-state index in [9.17, 15) is 0 Å². The summed E-state index contributed by atoms with van der Waals surface area (Å²) in [7, 11) is 0. The van der Waals surface area contributed by atoms with Crippen molar-refractivity contribution in [3.05, 3.63) is 0 Å². The van der Waals surface area contributed by atoms with E-state index >= 15 is 0 Å². The van der Waals surface area contributed by atoms with E-state index in [1.807, 2.05) is 0 Å². The van der Waals surface area contributed by atoms with Crippen LogP contribution in [-0.4, -0.2) is 111 Å². The van der Waals surface area contributed by atoms with Gasteiger partial charge in [-0.3, -0.25) is 0 Å². The van der Waals surface area contributed by atoms with Crippen LogP contribution in [0.4, 0.5) is 4.79 Å². The minimum absolute atomic E-state index is 0. The van der Waals surface area contributed by atoms with Crippen molar-refractivity contribution >= 4 is 94.8 Å². The zero-order valence-electron chi connectivity index (χ0n) is 2.30. The summed E-state index contributed by atoms with van der Waals surface area (Å²) in [5.74, 6) is 0. The van der Waals surface area contributed by atoms with Crippen molar-refractivity contribution in [1.29, 1.82) is 0 Å². The van der Waals surface area contributed by atoms with Crippen LogP contribution in [-0.2, 0) is 0 Å². The van der Waals surface area contributed by atoms with Gasteiger partial charge in [-0.25, -0.2) is 4.79 Å². The summed E-state index contributed by atoms with van der Waals surface area (Å²) in [5.41, 5.74) is 0. The molecule has 0 unspecified atom stereocenters. The van der Waals surface area contributed by atoms with E-state index in [0.717, 1.165) is 0 Å². The van der Waals surface area contributed by atoms with E-state index in [1.165, 1.54) is 0 Å². The van der Waals surface area contributed by atoms with Crippen LogP contribution < -0.4 is 0 Å². The zero-order chi connectivity index (χ0) is 3.58. The van der Waals surface area contributed by atoms with E-state index in [0.29, 0.717) is 0 Å². The van der Waals surface area contributed by atoms with Crippen molar-refractivity contribution in [2.24, 2.45) is 0 Å². The summed E-state index contributed by atoms with van der Waals surface area (Å²) in [4.78, 5) is 8.56. The molecule has 0 radical (unpaired) electrons. The standard InChI is InChI=1S/CH2O3.3Na.H2O.3H/c2-1(3)4;;;;;;;/h(H2,2,3,4);;;;1H2;;;. The molecular weight excluding hydrogens is 145 g/mol. The number of carboxylic acid groups (broad SMARTS) is 2. The molecule has 0 heterocycles. The van der Waals surface area contributed by atoms with Gasteiger partial charge in [0.25, 0.3) is 0 Å². The van der Waals surface area contributed by atoms with Gasteiger partial charge in [0, 0.05) is 0 Å². The predicted molar refractivity (Wildman–Crippen MR) is 35.7 cm³/mol. The van der Waals surface area contributed by atoms with Gasteiger partial charge in [0.05, 0.1) is 0 Å². The second-order valence-corrected chi connectivity index (χ2v) is 0.283. The topological polar surface area (TPSA) is 89.0 Å². The molecule has 0 aliphatic carbocycles. The third-order valence-electron chi connectivity index (χ3n) is 0. The molecule has 0 aliphatic heterocycles. The Balaban J connectivity index is -0.00000000750. The van der Waals surface area contributed by atoms with Gasteiger partial charge >= 0.3 is 94.8 Å². The summed E-state index contributed by atoms with van der Waals surface area (Å²) in [5, 5.41) is 13.9. The van der Waals surface area contributed by atoms with E-state index in [2.05, 4.69) is 0 Å². The van der Waals surface area contributed by atoms with Gasteiger partial charge in [-0.1, -0.05) is 0 Å². The summed E-state index contributed by atoms with van der Waals surface area (Å²) in [6.07, 6.45) is -1.83. The molecular formula is CH7Na3O4. The Kier molecular flexibility index (Phi) is 91.0. The molecule has 0 aromatic rings. The van der Waals surface area contributed by atoms with Crippen molar-refractivity contribution in [3.63, 3.8) is 0 Å². The van der Waals surface area contributed by atoms with Crippen molar-refractivity contribution in [2.45, 2.75) is 0 Å². The van der Waals surface area contributed by atoms with Crippen LogP contribution in [0.2, 0.25) is 0 Å². The normalized spacial score (nSPS) is 3.00. The zero-order valence-corrected chi connectivity index (χ0v) is 2.30. The van der Waals surface area contributed by atoms with Crippen LogP contribution in [0.5, 0.6) is 0 Å². The molecule has 0 bridgehead atoms. The van der Waals surface area contributed by atoms with Crippen LogP contribution in [0.15, 0.2) is 0 Å². The van der Waals surface area contributed by atoms with Crippen LogP contribution in [0.3, 0.4) is 0 Å². The number of hydrogen-bond donors (Lipinski definition) is 2. The first-order valence-electron chi connectivity index (χ1n) is 0.651. The van der Waals surface area contributed by atoms with Crippen molar-refractivity contribution in [3.8, 4) is 0 Å². The fourth-order valence-corrected chi connectivity index (χ4v) is 0. The Bertz CT molecular complexity index is 34.3. The summed E-state index contributed by atoms with van der Waals surface area (Å²) in [6.45, 7) is 0. The van der Waals surface area contributed by atoms with E-state index in [1.54, 1.807) is 0 Å². The van der Waals surface area contributed by atoms with E-state index < -0.39 is 6.16 Å². The van der Waals surface area contributed by atoms with Crippen molar-refractivity contribution < 1.29 is 20.5 Å². The Hall–Kier alpha value is 2.23. The van der Waals surface area contributed by atoms with Gasteiger partial charge in [-0.2, -0.15) is 0 Å². The Labute approximate surface area is 113 Å². The first-order valence-corrected chi connectivity index (χ1v) is 0.651. The third kappa shape index (κ3) is 86.5. The first-order chi connectivity index (χ1) is 1.73. The summed E-state index contributed by atoms with van der Waals surface area (Å²) >= 11 is 0. The summed E-state index contributed by atoms with van der Waals surface area (Å²) < 4.78 is 0. The molecule has 0 amide bonds. The first kappa shape index (κ1) is 31.9. The van der Waals surface area contributed by atoms with Gasteiger partial charge < -0.3 is 15.7 Å². The minimum atomic E-state index is -1.83. The summed E-state index contributed by atoms with van der Waals surface area (Å²) in [6, 6.07) is 0. The Morgan fingerprint density at radius 1 is 1.00 bits per heavy atom. The average Bonchev–Trinajstić information content (AvgIpc) is 0.811. The average molecular weight is 152 g/mol. The molecule has 0 saturated carbocycles. The third-order valence-corrected chi connectivity index (χ3v) is 0. The van der Waals surface area contributed by atoms with Crippen molar-refractivity contribution in [1.82, 2.24) is 0 Å². The molecule has 0 aromatic heterocycles. The SMILES string of the molecule is O.O=C(O)O.[NaH].[NaH].[NaH]. The number of hydrogen-bond acceptors (Lipinski definition) is 1. The molecule has 0 atom stereocenters. The number of rotatable bonds is 0. The molecule has 4 N–H and O–H groups in total. The van der Waals surface area contributed by atoms with Crippen LogP contribution in [0, 0.1) is 0 Å². The van der Waals surface area contributed by atoms with E-state index in [-0.39, 0.29) is 94.1 Å². The molecule has 0 spiro atoms. The number of carbonyl (C=O) groups is 1. The van der Waals surface area contributed by atoms with Crippen LogP contribution in [0.1, 0.15) is 0 Å². The Morgan fingerprint density at radius 3 is 1.00 bits per heavy atom. The van der Waals surface area contributed by atoms with Gasteiger partial charge in [0.1, 0.15) is 0 Å². The molecule has 8 heavy (non-hydrogen) atoms. The Morgan fingerprint density at radius 2 is 1.00 bits per heavy atom. The maximum atomic E-state index is 8.56. The molecule has 0 rings (SSSR count). The molecule has 38 valence electrons. The van der Waals surface area contributed by atoms with Crippen LogP contribution in [0.25, 0.3) is 0 Å². The van der Waals surface area contributed by atoms with Crippen molar-refractivity contribution in [2.75, 3.05) is 0 Å². The molecule has 7 heteroatoms. The maximum absolute atomic E-state index is 8.56.